The van der Waals surface area contributed by atoms with Crippen LogP contribution < -0.4 is 10.1 Å². The minimum atomic E-state index is -2.63. The third-order valence-corrected chi connectivity index (χ3v) is 2.99. The molecule has 0 spiro atoms. The van der Waals surface area contributed by atoms with Crippen LogP contribution in [0.2, 0.25) is 5.02 Å². The fourth-order valence-corrected chi connectivity index (χ4v) is 2.01. The molecule has 0 saturated carbocycles. The van der Waals surface area contributed by atoms with Crippen molar-refractivity contribution in [2.24, 2.45) is 0 Å². The molecule has 1 heterocycles. The number of nitrogens with one attached hydrogen (secondary N) is 1. The molecular weight excluding hydrogens is 288 g/mol. The first-order valence-corrected chi connectivity index (χ1v) is 6.35. The molecule has 2 aromatic rings. The molecule has 0 atom stereocenters. The van der Waals surface area contributed by atoms with Crippen LogP contribution in [0.3, 0.4) is 0 Å². The molecule has 0 aliphatic heterocycles. The van der Waals surface area contributed by atoms with Gasteiger partial charge in [0.2, 0.25) is 0 Å². The minimum absolute atomic E-state index is 0.0670. The van der Waals surface area contributed by atoms with E-state index in [1.807, 2.05) is 13.1 Å². The zero-order valence-electron chi connectivity index (χ0n) is 10.8. The van der Waals surface area contributed by atoms with Crippen LogP contribution in [-0.4, -0.2) is 16.6 Å². The first kappa shape index (κ1) is 14.7. The Morgan fingerprint density at radius 3 is 2.90 bits per heavy atom. The van der Waals surface area contributed by atoms with Crippen LogP contribution in [0.15, 0.2) is 30.6 Å². The van der Waals surface area contributed by atoms with E-state index >= 15 is 0 Å². The molecule has 0 aliphatic rings. The van der Waals surface area contributed by atoms with Crippen LogP contribution in [0, 0.1) is 0 Å². The van der Waals surface area contributed by atoms with E-state index in [9.17, 15) is 8.78 Å². The highest BCUT2D eigenvalue weighted by Gasteiger charge is 2.12. The molecule has 1 N–H and O–H groups in total. The molecule has 4 nitrogen and oxygen atoms in total. The molecule has 0 radical (unpaired) electrons. The predicted molar refractivity (Wildman–Crippen MR) is 72.0 cm³/mol. The van der Waals surface area contributed by atoms with Crippen molar-refractivity contribution in [3.8, 4) is 5.75 Å². The predicted octanol–water partition coefficient (Wildman–Crippen LogP) is 3.23. The van der Waals surface area contributed by atoms with Crippen LogP contribution >= 0.6 is 11.6 Å². The number of rotatable bonds is 6. The molecule has 108 valence electrons. The SMILES string of the molecule is CNCc1ccc(OCc2nccn2C(F)F)c(Cl)c1. The Kier molecular flexibility index (Phi) is 4.92. The maximum Gasteiger partial charge on any atom is 0.320 e. The molecule has 1 aromatic carbocycles. The number of halogens is 3. The van der Waals surface area contributed by atoms with Gasteiger partial charge in [0.05, 0.1) is 5.02 Å². The number of ether oxygens (including phenoxy) is 1. The van der Waals surface area contributed by atoms with Gasteiger partial charge in [-0.25, -0.2) is 4.98 Å². The quantitative estimate of drug-likeness (QED) is 0.890. The van der Waals surface area contributed by atoms with Gasteiger partial charge < -0.3 is 10.1 Å². The molecule has 0 unspecified atom stereocenters. The molecular formula is C13H14ClF2N3O. The summed E-state index contributed by atoms with van der Waals surface area (Å²) < 4.78 is 31.5. The summed E-state index contributed by atoms with van der Waals surface area (Å²) in [6.07, 6.45) is 2.52. The largest absolute Gasteiger partial charge is 0.484 e. The lowest BCUT2D eigenvalue weighted by Crippen LogP contribution is -2.08. The van der Waals surface area contributed by atoms with E-state index < -0.39 is 6.55 Å². The molecule has 1 aromatic heterocycles. The number of benzene rings is 1. The van der Waals surface area contributed by atoms with Gasteiger partial charge in [-0.15, -0.1) is 0 Å². The van der Waals surface area contributed by atoms with E-state index in [2.05, 4.69) is 10.3 Å². The summed E-state index contributed by atoms with van der Waals surface area (Å²) in [6, 6.07) is 5.34. The Hall–Kier alpha value is -1.66. The lowest BCUT2D eigenvalue weighted by Gasteiger charge is -2.10. The van der Waals surface area contributed by atoms with Gasteiger partial charge in [-0.2, -0.15) is 8.78 Å². The fourth-order valence-electron chi connectivity index (χ4n) is 1.75. The van der Waals surface area contributed by atoms with Crippen LogP contribution in [0.1, 0.15) is 17.9 Å². The molecule has 7 heteroatoms. The van der Waals surface area contributed by atoms with Crippen molar-refractivity contribution >= 4 is 11.6 Å². The summed E-state index contributed by atoms with van der Waals surface area (Å²) in [5, 5.41) is 3.45. The van der Waals surface area contributed by atoms with Gasteiger partial charge in [0.1, 0.15) is 12.4 Å². The van der Waals surface area contributed by atoms with Crippen molar-refractivity contribution in [1.29, 1.82) is 0 Å². The van der Waals surface area contributed by atoms with Crippen molar-refractivity contribution in [3.63, 3.8) is 0 Å². The van der Waals surface area contributed by atoms with Gasteiger partial charge in [0, 0.05) is 18.9 Å². The van der Waals surface area contributed by atoms with Gasteiger partial charge in [-0.3, -0.25) is 4.57 Å². The molecule has 0 amide bonds. The zero-order chi connectivity index (χ0) is 14.5. The standard InChI is InChI=1S/C13H14ClF2N3O/c1-17-7-9-2-3-11(10(14)6-9)20-8-12-18-4-5-19(12)13(15)16/h2-6,13,17H,7-8H2,1H3. The number of hydrogen-bond donors (Lipinski definition) is 1. The maximum absolute atomic E-state index is 12.6. The highest BCUT2D eigenvalue weighted by molar-refractivity contribution is 6.32. The maximum atomic E-state index is 12.6. The topological polar surface area (TPSA) is 39.1 Å². The Bertz CT molecular complexity index is 574. The van der Waals surface area contributed by atoms with Gasteiger partial charge in [0.25, 0.3) is 0 Å². The monoisotopic (exact) mass is 301 g/mol. The third-order valence-electron chi connectivity index (χ3n) is 2.69. The first-order chi connectivity index (χ1) is 9.61. The Morgan fingerprint density at radius 1 is 1.45 bits per heavy atom. The Balaban J connectivity index is 2.05. The minimum Gasteiger partial charge on any atom is -0.484 e. The van der Waals surface area contributed by atoms with E-state index in [4.69, 9.17) is 16.3 Å². The Morgan fingerprint density at radius 2 is 2.25 bits per heavy atom. The second kappa shape index (κ2) is 6.67. The summed E-state index contributed by atoms with van der Waals surface area (Å²) in [7, 11) is 1.84. The highest BCUT2D eigenvalue weighted by Crippen LogP contribution is 2.26. The average molecular weight is 302 g/mol. The summed E-state index contributed by atoms with van der Waals surface area (Å²) in [5.41, 5.74) is 1.01. The van der Waals surface area contributed by atoms with Gasteiger partial charge in [-0.05, 0) is 24.7 Å². The lowest BCUT2D eigenvalue weighted by atomic mass is 10.2. The van der Waals surface area contributed by atoms with E-state index in [1.54, 1.807) is 12.1 Å². The third kappa shape index (κ3) is 3.46. The summed E-state index contributed by atoms with van der Waals surface area (Å²) in [4.78, 5) is 3.83. The zero-order valence-corrected chi connectivity index (χ0v) is 11.6. The highest BCUT2D eigenvalue weighted by atomic mass is 35.5. The van der Waals surface area contributed by atoms with E-state index in [0.717, 1.165) is 10.1 Å². The summed E-state index contributed by atoms with van der Waals surface area (Å²) in [5.74, 6) is 0.589. The van der Waals surface area contributed by atoms with E-state index in [-0.39, 0.29) is 12.4 Å². The number of alkyl halides is 2. The lowest BCUT2D eigenvalue weighted by molar-refractivity contribution is 0.0632. The normalized spacial score (nSPS) is 11.1. The van der Waals surface area contributed by atoms with Crippen molar-refractivity contribution in [2.45, 2.75) is 19.7 Å². The second-order valence-electron chi connectivity index (χ2n) is 4.11. The summed E-state index contributed by atoms with van der Waals surface area (Å²) in [6.45, 7) is -2.01. The van der Waals surface area contributed by atoms with Crippen molar-refractivity contribution in [1.82, 2.24) is 14.9 Å². The van der Waals surface area contributed by atoms with Crippen LogP contribution in [0.25, 0.3) is 0 Å². The van der Waals surface area contributed by atoms with Gasteiger partial charge in [0.15, 0.2) is 5.82 Å². The van der Waals surface area contributed by atoms with E-state index in [1.165, 1.54) is 12.4 Å². The van der Waals surface area contributed by atoms with Gasteiger partial charge in [-0.1, -0.05) is 17.7 Å². The van der Waals surface area contributed by atoms with Crippen molar-refractivity contribution in [2.75, 3.05) is 7.05 Å². The first-order valence-electron chi connectivity index (χ1n) is 5.97. The van der Waals surface area contributed by atoms with Crippen molar-refractivity contribution < 1.29 is 13.5 Å². The number of nitrogens with zero attached hydrogens (tertiary/aromatic N) is 2. The number of aromatic nitrogens is 2. The van der Waals surface area contributed by atoms with Crippen molar-refractivity contribution in [3.05, 3.63) is 47.0 Å². The molecule has 0 fully saturated rings. The Labute approximate surface area is 120 Å². The average Bonchev–Trinajstić information content (AvgIpc) is 2.86. The van der Waals surface area contributed by atoms with E-state index in [0.29, 0.717) is 17.3 Å². The molecule has 2 rings (SSSR count). The molecule has 0 aliphatic carbocycles. The summed E-state index contributed by atoms with van der Waals surface area (Å²) >= 11 is 6.08. The molecule has 20 heavy (non-hydrogen) atoms. The number of imidazole rings is 1. The van der Waals surface area contributed by atoms with Crippen LogP contribution in [0.5, 0.6) is 5.75 Å². The number of hydrogen-bond acceptors (Lipinski definition) is 3. The van der Waals surface area contributed by atoms with Crippen LogP contribution in [0.4, 0.5) is 8.78 Å². The second-order valence-corrected chi connectivity index (χ2v) is 4.52. The van der Waals surface area contributed by atoms with Gasteiger partial charge >= 0.3 is 6.55 Å². The molecule has 0 bridgehead atoms. The van der Waals surface area contributed by atoms with Crippen LogP contribution in [-0.2, 0) is 13.2 Å². The smallest absolute Gasteiger partial charge is 0.320 e. The molecule has 0 saturated heterocycles. The fraction of sp³-hybridized carbons (Fsp3) is 0.308.